The maximum absolute atomic E-state index is 5.78. The van der Waals surface area contributed by atoms with E-state index in [1.54, 1.807) is 18.4 Å². The number of hydrogen-bond acceptors (Lipinski definition) is 5. The van der Waals surface area contributed by atoms with Gasteiger partial charge in [0.05, 0.1) is 12.3 Å². The summed E-state index contributed by atoms with van der Waals surface area (Å²) in [5.74, 6) is 0.748. The molecule has 0 amide bonds. The van der Waals surface area contributed by atoms with E-state index < -0.39 is 0 Å². The van der Waals surface area contributed by atoms with Gasteiger partial charge in [0.25, 0.3) is 0 Å². The van der Waals surface area contributed by atoms with Crippen LogP contribution in [-0.2, 0) is 17.9 Å². The second-order valence-electron chi connectivity index (χ2n) is 5.19. The van der Waals surface area contributed by atoms with E-state index in [9.17, 15) is 0 Å². The van der Waals surface area contributed by atoms with Crippen LogP contribution in [0.25, 0.3) is 0 Å². The SMILES string of the molecule is COCc1nc(N2CC(C)CCC2C)sc1CN. The van der Waals surface area contributed by atoms with E-state index in [1.165, 1.54) is 12.8 Å². The molecule has 1 aliphatic rings. The van der Waals surface area contributed by atoms with Gasteiger partial charge >= 0.3 is 0 Å². The summed E-state index contributed by atoms with van der Waals surface area (Å²) in [5.41, 5.74) is 6.79. The summed E-state index contributed by atoms with van der Waals surface area (Å²) in [5, 5.41) is 1.11. The Morgan fingerprint density at radius 1 is 1.44 bits per heavy atom. The minimum absolute atomic E-state index is 0.550. The Hall–Kier alpha value is -0.650. The Morgan fingerprint density at radius 2 is 2.22 bits per heavy atom. The highest BCUT2D eigenvalue weighted by molar-refractivity contribution is 7.15. The van der Waals surface area contributed by atoms with E-state index in [2.05, 4.69) is 18.7 Å². The first kappa shape index (κ1) is 13.8. The Bertz CT molecular complexity index is 394. The van der Waals surface area contributed by atoms with Gasteiger partial charge in [-0.15, -0.1) is 11.3 Å². The molecule has 2 heterocycles. The highest BCUT2D eigenvalue weighted by Gasteiger charge is 2.26. The molecule has 0 aromatic carbocycles. The van der Waals surface area contributed by atoms with Gasteiger partial charge in [-0.25, -0.2) is 4.98 Å². The van der Waals surface area contributed by atoms with Gasteiger partial charge in [-0.2, -0.15) is 0 Å². The van der Waals surface area contributed by atoms with E-state index in [0.717, 1.165) is 28.2 Å². The number of piperidine rings is 1. The van der Waals surface area contributed by atoms with Gasteiger partial charge in [0.1, 0.15) is 0 Å². The number of nitrogens with zero attached hydrogens (tertiary/aromatic N) is 2. The standard InChI is InChI=1S/C13H23N3OS/c1-9-4-5-10(2)16(7-9)13-15-11(8-17-3)12(6-14)18-13/h9-10H,4-8,14H2,1-3H3. The van der Waals surface area contributed by atoms with Crippen molar-refractivity contribution in [1.82, 2.24) is 4.98 Å². The van der Waals surface area contributed by atoms with Crippen LogP contribution in [0.4, 0.5) is 5.13 Å². The largest absolute Gasteiger partial charge is 0.378 e. The van der Waals surface area contributed by atoms with Gasteiger partial charge < -0.3 is 15.4 Å². The fourth-order valence-electron chi connectivity index (χ4n) is 2.46. The van der Waals surface area contributed by atoms with Crippen molar-refractivity contribution >= 4 is 16.5 Å². The van der Waals surface area contributed by atoms with Gasteiger partial charge in [-0.05, 0) is 25.7 Å². The number of ether oxygens (including phenoxy) is 1. The molecule has 1 fully saturated rings. The summed E-state index contributed by atoms with van der Waals surface area (Å²) >= 11 is 1.72. The zero-order chi connectivity index (χ0) is 13.1. The first-order chi connectivity index (χ1) is 8.65. The lowest BCUT2D eigenvalue weighted by atomic mass is 9.96. The molecule has 0 bridgehead atoms. The van der Waals surface area contributed by atoms with Crippen molar-refractivity contribution in [2.24, 2.45) is 11.7 Å². The Labute approximate surface area is 113 Å². The molecule has 4 nitrogen and oxygen atoms in total. The van der Waals surface area contributed by atoms with E-state index >= 15 is 0 Å². The number of hydrogen-bond donors (Lipinski definition) is 1. The molecule has 0 saturated carbocycles. The van der Waals surface area contributed by atoms with Crippen LogP contribution in [0.5, 0.6) is 0 Å². The summed E-state index contributed by atoms with van der Waals surface area (Å²) in [6.45, 7) is 6.80. The average molecular weight is 269 g/mol. The fraction of sp³-hybridized carbons (Fsp3) is 0.769. The minimum Gasteiger partial charge on any atom is -0.378 e. The summed E-state index contributed by atoms with van der Waals surface area (Å²) < 4.78 is 5.19. The molecule has 1 aromatic heterocycles. The second kappa shape index (κ2) is 5.99. The second-order valence-corrected chi connectivity index (χ2v) is 6.25. The van der Waals surface area contributed by atoms with Crippen molar-refractivity contribution in [3.8, 4) is 0 Å². The third kappa shape index (κ3) is 2.84. The van der Waals surface area contributed by atoms with Crippen molar-refractivity contribution in [3.05, 3.63) is 10.6 Å². The third-order valence-corrected chi connectivity index (χ3v) is 4.75. The molecule has 0 aliphatic carbocycles. The molecule has 2 rings (SSSR count). The van der Waals surface area contributed by atoms with Crippen LogP contribution in [0.15, 0.2) is 0 Å². The van der Waals surface area contributed by atoms with E-state index in [1.807, 2.05) is 0 Å². The van der Waals surface area contributed by atoms with Gasteiger partial charge in [-0.1, -0.05) is 6.92 Å². The lowest BCUT2D eigenvalue weighted by Gasteiger charge is -2.36. The molecule has 1 aliphatic heterocycles. The van der Waals surface area contributed by atoms with Crippen molar-refractivity contribution in [3.63, 3.8) is 0 Å². The zero-order valence-electron chi connectivity index (χ0n) is 11.5. The molecule has 2 N–H and O–H groups in total. The molecule has 5 heteroatoms. The number of thiazole rings is 1. The quantitative estimate of drug-likeness (QED) is 0.911. The van der Waals surface area contributed by atoms with Crippen LogP contribution >= 0.6 is 11.3 Å². The Morgan fingerprint density at radius 3 is 2.89 bits per heavy atom. The number of methoxy groups -OCH3 is 1. The highest BCUT2D eigenvalue weighted by Crippen LogP contribution is 2.32. The summed E-state index contributed by atoms with van der Waals surface area (Å²) in [7, 11) is 1.70. The Kier molecular flexibility index (Phi) is 4.59. The van der Waals surface area contributed by atoms with Crippen LogP contribution in [0.1, 0.15) is 37.3 Å². The van der Waals surface area contributed by atoms with E-state index in [0.29, 0.717) is 19.2 Å². The Balaban J connectivity index is 2.21. The molecule has 0 radical (unpaired) electrons. The molecule has 2 atom stereocenters. The van der Waals surface area contributed by atoms with Crippen molar-refractivity contribution in [1.29, 1.82) is 0 Å². The topological polar surface area (TPSA) is 51.4 Å². The number of aromatic nitrogens is 1. The van der Waals surface area contributed by atoms with E-state index in [-0.39, 0.29) is 0 Å². The summed E-state index contributed by atoms with van der Waals surface area (Å²) in [4.78, 5) is 8.30. The number of rotatable bonds is 4. The molecular weight excluding hydrogens is 246 g/mol. The van der Waals surface area contributed by atoms with Crippen molar-refractivity contribution < 1.29 is 4.74 Å². The molecule has 1 saturated heterocycles. The van der Waals surface area contributed by atoms with Crippen LogP contribution in [0.2, 0.25) is 0 Å². The van der Waals surface area contributed by atoms with Gasteiger partial charge in [0.15, 0.2) is 5.13 Å². The van der Waals surface area contributed by atoms with Crippen molar-refractivity contribution in [2.45, 2.75) is 45.9 Å². The van der Waals surface area contributed by atoms with Gasteiger partial charge in [0.2, 0.25) is 0 Å². The zero-order valence-corrected chi connectivity index (χ0v) is 12.3. The molecule has 0 spiro atoms. The lowest BCUT2D eigenvalue weighted by molar-refractivity contribution is 0.181. The maximum Gasteiger partial charge on any atom is 0.186 e. The smallest absolute Gasteiger partial charge is 0.186 e. The summed E-state index contributed by atoms with van der Waals surface area (Å²) in [6.07, 6.45) is 2.57. The molecule has 102 valence electrons. The van der Waals surface area contributed by atoms with E-state index in [4.69, 9.17) is 15.5 Å². The van der Waals surface area contributed by atoms with Crippen LogP contribution in [0.3, 0.4) is 0 Å². The van der Waals surface area contributed by atoms with Crippen LogP contribution in [0, 0.1) is 5.92 Å². The lowest BCUT2D eigenvalue weighted by Crippen LogP contribution is -2.41. The number of anilines is 1. The monoisotopic (exact) mass is 269 g/mol. The number of nitrogens with two attached hydrogens (primary N) is 1. The average Bonchev–Trinajstić information content (AvgIpc) is 2.76. The van der Waals surface area contributed by atoms with Crippen LogP contribution < -0.4 is 10.6 Å². The third-order valence-electron chi connectivity index (χ3n) is 3.60. The predicted molar refractivity (Wildman–Crippen MR) is 75.9 cm³/mol. The predicted octanol–water partition coefficient (Wildman–Crippen LogP) is 2.37. The summed E-state index contributed by atoms with van der Waals surface area (Å²) in [6, 6.07) is 0.577. The minimum atomic E-state index is 0.550. The van der Waals surface area contributed by atoms with Gasteiger partial charge in [0, 0.05) is 31.1 Å². The van der Waals surface area contributed by atoms with Gasteiger partial charge in [-0.3, -0.25) is 0 Å². The maximum atomic E-state index is 5.78. The highest BCUT2D eigenvalue weighted by atomic mass is 32.1. The molecular formula is C13H23N3OS. The molecule has 2 unspecified atom stereocenters. The van der Waals surface area contributed by atoms with Crippen molar-refractivity contribution in [2.75, 3.05) is 18.6 Å². The van der Waals surface area contributed by atoms with Crippen LogP contribution in [-0.4, -0.2) is 24.7 Å². The molecule has 1 aromatic rings. The molecule has 18 heavy (non-hydrogen) atoms. The normalized spacial score (nSPS) is 24.6. The first-order valence-electron chi connectivity index (χ1n) is 6.60. The first-order valence-corrected chi connectivity index (χ1v) is 7.41. The fourth-order valence-corrected chi connectivity index (χ4v) is 3.51.